The van der Waals surface area contributed by atoms with Crippen molar-refractivity contribution < 1.29 is 18.9 Å². The van der Waals surface area contributed by atoms with Crippen molar-refractivity contribution in [1.82, 2.24) is 0 Å². The Hall–Kier alpha value is -1.98. The lowest BCUT2D eigenvalue weighted by molar-refractivity contribution is -0.170. The minimum Gasteiger partial charge on any atom is -0.575 e. The summed E-state index contributed by atoms with van der Waals surface area (Å²) in [6, 6.07) is 17.6. The van der Waals surface area contributed by atoms with Crippen LogP contribution in [0.3, 0.4) is 0 Å². The number of carbonyl (C=O) groups is 1. The molecule has 0 aliphatic heterocycles. The highest BCUT2D eigenvalue weighted by molar-refractivity contribution is 9.10. The minimum atomic E-state index is -2.55. The molecule has 1 unspecified atom stereocenters. The van der Waals surface area contributed by atoms with E-state index in [2.05, 4.69) is 20.7 Å². The van der Waals surface area contributed by atoms with E-state index < -0.39 is 26.3 Å². The number of hydrogen-bond donors (Lipinski definition) is 0. The molecule has 0 aliphatic carbocycles. The Balaban J connectivity index is 1.79. The van der Waals surface area contributed by atoms with Crippen molar-refractivity contribution in [3.63, 3.8) is 0 Å². The topological polar surface area (TPSA) is 71.0 Å². The molecule has 0 saturated carbocycles. The van der Waals surface area contributed by atoms with E-state index in [0.717, 1.165) is 20.8 Å². The minimum absolute atomic E-state index is 0.227. The van der Waals surface area contributed by atoms with Gasteiger partial charge in [-0.05, 0) is 42.0 Å². The number of hydrogen-bond acceptors (Lipinski definition) is 5. The van der Waals surface area contributed by atoms with Crippen LogP contribution in [0.5, 0.6) is 5.75 Å². The monoisotopic (exact) mass is 521 g/mol. The molecule has 0 radical (unpaired) electrons. The van der Waals surface area contributed by atoms with Crippen LogP contribution in [0.2, 0.25) is 5.02 Å². The largest absolute Gasteiger partial charge is 0.575 e. The van der Waals surface area contributed by atoms with E-state index in [-0.39, 0.29) is 11.7 Å². The summed E-state index contributed by atoms with van der Waals surface area (Å²) < 4.78 is 16.2. The zero-order valence-electron chi connectivity index (χ0n) is 17.3. The number of esters is 1. The van der Waals surface area contributed by atoms with Gasteiger partial charge in [0.15, 0.2) is 6.04 Å². The predicted molar refractivity (Wildman–Crippen MR) is 126 cm³/mol. The molecule has 0 amide bonds. The quantitative estimate of drug-likeness (QED) is 0.252. The van der Waals surface area contributed by atoms with Crippen LogP contribution in [0, 0.1) is 5.92 Å². The number of nitrogens with zero attached hydrogens (tertiary/aromatic N) is 1. The molecule has 0 aliphatic rings. The van der Waals surface area contributed by atoms with Crippen molar-refractivity contribution in [1.29, 1.82) is 0 Å². The molecule has 3 aromatic carbocycles. The van der Waals surface area contributed by atoms with Crippen LogP contribution in [0.1, 0.15) is 32.4 Å². The van der Waals surface area contributed by atoms with E-state index in [1.807, 2.05) is 68.4 Å². The molecule has 3 aromatic rings. The van der Waals surface area contributed by atoms with Gasteiger partial charge in [0.25, 0.3) is 0 Å². The van der Waals surface area contributed by atoms with Gasteiger partial charge in [-0.3, -0.25) is 4.52 Å². The molecule has 3 rings (SSSR count). The molecule has 0 fully saturated rings. The maximum atomic E-state index is 12.8. The SMILES string of the molecule is CC(C)[C@H](N=[P+]([O-])Oc1c(Cl)ccc2ccccc12)C(=O)O[C@@H](C)c1ccc(Br)cc1. The molecule has 0 spiro atoms. The second kappa shape index (κ2) is 10.6. The van der Waals surface area contributed by atoms with Gasteiger partial charge in [0.2, 0.25) is 5.75 Å². The maximum Gasteiger partial charge on any atom is 0.395 e. The molecular formula is C23H22BrClNO4P. The molecule has 31 heavy (non-hydrogen) atoms. The fraction of sp³-hybridized carbons (Fsp3) is 0.261. The molecule has 0 heterocycles. The van der Waals surface area contributed by atoms with Crippen molar-refractivity contribution >= 4 is 52.4 Å². The van der Waals surface area contributed by atoms with Gasteiger partial charge >= 0.3 is 14.1 Å². The number of halogens is 2. The van der Waals surface area contributed by atoms with Gasteiger partial charge in [0.05, 0.1) is 5.02 Å². The summed E-state index contributed by atoms with van der Waals surface area (Å²) in [5, 5.41) is 1.94. The Bertz CT molecular complexity index is 1100. The Morgan fingerprint density at radius 3 is 2.42 bits per heavy atom. The van der Waals surface area contributed by atoms with E-state index in [0.29, 0.717) is 5.02 Å². The maximum absolute atomic E-state index is 12.8. The third-order valence-corrected chi connectivity index (χ3v) is 6.33. The summed E-state index contributed by atoms with van der Waals surface area (Å²) in [4.78, 5) is 25.5. The lowest BCUT2D eigenvalue weighted by Gasteiger charge is -2.18. The van der Waals surface area contributed by atoms with E-state index in [1.165, 1.54) is 0 Å². The fourth-order valence-corrected chi connectivity index (χ4v) is 4.50. The van der Waals surface area contributed by atoms with Crippen LogP contribution >= 0.6 is 35.7 Å². The van der Waals surface area contributed by atoms with Gasteiger partial charge in [-0.15, -0.1) is 0 Å². The summed E-state index contributed by atoms with van der Waals surface area (Å²) in [7, 11) is -2.55. The number of rotatable bonds is 7. The van der Waals surface area contributed by atoms with Gasteiger partial charge in [-0.25, -0.2) is 4.79 Å². The van der Waals surface area contributed by atoms with Crippen molar-refractivity contribution in [2.24, 2.45) is 10.7 Å². The highest BCUT2D eigenvalue weighted by Crippen LogP contribution is 2.38. The smallest absolute Gasteiger partial charge is 0.395 e. The van der Waals surface area contributed by atoms with Crippen molar-refractivity contribution in [2.45, 2.75) is 32.9 Å². The van der Waals surface area contributed by atoms with E-state index in [1.54, 1.807) is 13.0 Å². The Morgan fingerprint density at radius 1 is 1.06 bits per heavy atom. The van der Waals surface area contributed by atoms with Crippen LogP contribution in [-0.2, 0) is 9.53 Å². The molecule has 3 atom stereocenters. The summed E-state index contributed by atoms with van der Waals surface area (Å²) in [5.74, 6) is -0.500. The lowest BCUT2D eigenvalue weighted by Crippen LogP contribution is -2.28. The lowest BCUT2D eigenvalue weighted by atomic mass is 10.1. The Morgan fingerprint density at radius 2 is 1.74 bits per heavy atom. The predicted octanol–water partition coefficient (Wildman–Crippen LogP) is 6.82. The van der Waals surface area contributed by atoms with E-state index in [9.17, 15) is 9.69 Å². The first-order valence-corrected chi connectivity index (χ1v) is 12.1. The van der Waals surface area contributed by atoms with Crippen molar-refractivity contribution in [2.75, 3.05) is 0 Å². The molecule has 162 valence electrons. The first kappa shape index (κ1) is 23.7. The Kier molecular flexibility index (Phi) is 8.06. The highest BCUT2D eigenvalue weighted by Gasteiger charge is 2.29. The third-order valence-electron chi connectivity index (χ3n) is 4.72. The number of fused-ring (bicyclic) bond motifs is 1. The van der Waals surface area contributed by atoms with Crippen LogP contribution in [0.25, 0.3) is 10.8 Å². The average molecular weight is 523 g/mol. The summed E-state index contributed by atoms with van der Waals surface area (Å²) >= 11 is 9.65. The van der Waals surface area contributed by atoms with E-state index in [4.69, 9.17) is 20.9 Å². The van der Waals surface area contributed by atoms with Crippen LogP contribution in [0.4, 0.5) is 0 Å². The summed E-state index contributed by atoms with van der Waals surface area (Å²) in [6.07, 6.45) is -0.469. The van der Waals surface area contributed by atoms with Crippen LogP contribution in [-0.4, -0.2) is 12.0 Å². The second-order valence-corrected chi connectivity index (χ2v) is 9.57. The first-order chi connectivity index (χ1) is 14.8. The van der Waals surface area contributed by atoms with Gasteiger partial charge in [-0.2, -0.15) is 0 Å². The van der Waals surface area contributed by atoms with Crippen LogP contribution < -0.4 is 9.42 Å². The molecule has 0 aromatic heterocycles. The zero-order chi connectivity index (χ0) is 22.5. The molecular weight excluding hydrogens is 501 g/mol. The standard InChI is InChI=1S/C23H22BrClNO4P/c1-14(2)21(23(27)29-15(3)16-8-11-18(24)12-9-16)26-31(28)30-22-19-7-5-4-6-17(19)10-13-20(22)25/h4-15,21H,1-3H3/t15-,21-/m0/s1. The fourth-order valence-electron chi connectivity index (χ4n) is 3.01. The van der Waals surface area contributed by atoms with Crippen LogP contribution in [0.15, 0.2) is 69.9 Å². The molecule has 5 nitrogen and oxygen atoms in total. The summed E-state index contributed by atoms with van der Waals surface area (Å²) in [6.45, 7) is 5.41. The second-order valence-electron chi connectivity index (χ2n) is 7.36. The van der Waals surface area contributed by atoms with Crippen molar-refractivity contribution in [3.8, 4) is 5.75 Å². The number of ether oxygens (including phenoxy) is 1. The van der Waals surface area contributed by atoms with Gasteiger partial charge in [0, 0.05) is 9.86 Å². The molecule has 8 heteroatoms. The summed E-state index contributed by atoms with van der Waals surface area (Å²) in [5.41, 5.74) is 0.849. The average Bonchev–Trinajstić information content (AvgIpc) is 2.74. The van der Waals surface area contributed by atoms with Gasteiger partial charge in [0.1, 0.15) is 6.10 Å². The number of benzene rings is 3. The van der Waals surface area contributed by atoms with Crippen molar-refractivity contribution in [3.05, 3.63) is 75.7 Å². The third kappa shape index (κ3) is 6.05. The molecule has 0 N–H and O–H groups in total. The Labute approximate surface area is 196 Å². The number of carbonyl (C=O) groups excluding carboxylic acids is 1. The van der Waals surface area contributed by atoms with Gasteiger partial charge < -0.3 is 9.63 Å². The van der Waals surface area contributed by atoms with Gasteiger partial charge in [-0.1, -0.05) is 88.6 Å². The highest BCUT2D eigenvalue weighted by atomic mass is 79.9. The molecule has 0 bridgehead atoms. The van der Waals surface area contributed by atoms with E-state index >= 15 is 0 Å². The first-order valence-electron chi connectivity index (χ1n) is 9.75. The zero-order valence-corrected chi connectivity index (χ0v) is 20.5. The normalized spacial score (nSPS) is 13.8. The molecule has 0 saturated heterocycles.